The van der Waals surface area contributed by atoms with Crippen molar-refractivity contribution in [2.24, 2.45) is 5.92 Å². The fourth-order valence-electron chi connectivity index (χ4n) is 0.506. The molecule has 0 saturated heterocycles. The van der Waals surface area contributed by atoms with Crippen LogP contribution in [-0.4, -0.2) is 18.0 Å². The third-order valence-corrected chi connectivity index (χ3v) is 1.66. The largest absolute Gasteiger partial charge is 0.464 e. The van der Waals surface area contributed by atoms with Crippen LogP contribution in [0.15, 0.2) is 0 Å². The molecule has 0 aliphatic rings. The monoisotopic (exact) mass is 178 g/mol. The average Bonchev–Trinajstić information content (AvgIpc) is 1.98. The summed E-state index contributed by atoms with van der Waals surface area (Å²) in [6, 6.07) is 0. The minimum absolute atomic E-state index is 0.303. The highest BCUT2D eigenvalue weighted by molar-refractivity contribution is 6.29. The molecule has 0 unspecified atom stereocenters. The molecule has 0 aromatic heterocycles. The number of hydrogen-bond acceptors (Lipinski definition) is 2. The van der Waals surface area contributed by atoms with Crippen molar-refractivity contribution in [3.63, 3.8) is 0 Å². The van der Waals surface area contributed by atoms with E-state index in [9.17, 15) is 4.79 Å². The number of carbonyl (C=O) groups is 1. The minimum Gasteiger partial charge on any atom is -0.464 e. The predicted molar refractivity (Wildman–Crippen MR) is 45.7 cm³/mol. The topological polar surface area (TPSA) is 26.3 Å². The van der Waals surface area contributed by atoms with Crippen molar-refractivity contribution in [2.45, 2.75) is 32.6 Å². The maximum absolute atomic E-state index is 10.9. The van der Waals surface area contributed by atoms with Gasteiger partial charge >= 0.3 is 5.97 Å². The van der Waals surface area contributed by atoms with Crippen LogP contribution in [0.25, 0.3) is 0 Å². The lowest BCUT2D eigenvalue weighted by Crippen LogP contribution is -2.19. The number of rotatable bonds is 4. The third-order valence-electron chi connectivity index (χ3n) is 1.17. The van der Waals surface area contributed by atoms with E-state index in [4.69, 9.17) is 16.3 Å². The van der Waals surface area contributed by atoms with Crippen molar-refractivity contribution >= 4 is 17.6 Å². The molecule has 0 aromatic carbocycles. The summed E-state index contributed by atoms with van der Waals surface area (Å²) in [5.41, 5.74) is 0. The smallest absolute Gasteiger partial charge is 0.324 e. The summed E-state index contributed by atoms with van der Waals surface area (Å²) in [6.07, 6.45) is 0.623. The number of esters is 1. The molecule has 3 heteroatoms. The molecule has 0 fully saturated rings. The van der Waals surface area contributed by atoms with Gasteiger partial charge in [-0.3, -0.25) is 4.79 Å². The van der Waals surface area contributed by atoms with Gasteiger partial charge < -0.3 is 4.74 Å². The van der Waals surface area contributed by atoms with Crippen LogP contribution < -0.4 is 0 Å². The summed E-state index contributed by atoms with van der Waals surface area (Å²) in [5, 5.41) is -0.478. The second-order valence-electron chi connectivity index (χ2n) is 2.90. The first kappa shape index (κ1) is 10.8. The Hall–Kier alpha value is -0.240. The quantitative estimate of drug-likeness (QED) is 0.488. The van der Waals surface area contributed by atoms with E-state index in [1.807, 2.05) is 20.8 Å². The maximum Gasteiger partial charge on any atom is 0.324 e. The van der Waals surface area contributed by atoms with Crippen LogP contribution in [-0.2, 0) is 9.53 Å². The van der Waals surface area contributed by atoms with E-state index in [1.54, 1.807) is 0 Å². The molecule has 0 radical (unpaired) electrons. The van der Waals surface area contributed by atoms with E-state index in [1.165, 1.54) is 0 Å². The van der Waals surface area contributed by atoms with Gasteiger partial charge in [-0.15, -0.1) is 11.6 Å². The van der Waals surface area contributed by atoms with Gasteiger partial charge in [0.2, 0.25) is 0 Å². The Labute approximate surface area is 72.9 Å². The Morgan fingerprint density at radius 2 is 2.09 bits per heavy atom. The van der Waals surface area contributed by atoms with E-state index < -0.39 is 5.38 Å². The van der Waals surface area contributed by atoms with E-state index in [0.29, 0.717) is 18.9 Å². The van der Waals surface area contributed by atoms with E-state index in [-0.39, 0.29) is 5.97 Å². The van der Waals surface area contributed by atoms with Crippen LogP contribution in [0.5, 0.6) is 0 Å². The van der Waals surface area contributed by atoms with Gasteiger partial charge in [-0.05, 0) is 12.3 Å². The van der Waals surface area contributed by atoms with Crippen molar-refractivity contribution in [3.8, 4) is 0 Å². The van der Waals surface area contributed by atoms with Crippen LogP contribution >= 0.6 is 11.6 Å². The van der Waals surface area contributed by atoms with Gasteiger partial charge in [-0.1, -0.05) is 20.8 Å². The van der Waals surface area contributed by atoms with Gasteiger partial charge in [0.25, 0.3) is 0 Å². The molecule has 0 bridgehead atoms. The standard InChI is InChI=1S/C8H15ClO2/c1-4-7(9)8(10)11-5-6(2)3/h6-7H,4-5H2,1-3H3/t7-/m0/s1. The molecule has 0 N–H and O–H groups in total. The van der Waals surface area contributed by atoms with E-state index in [0.717, 1.165) is 0 Å². The predicted octanol–water partition coefficient (Wildman–Crippen LogP) is 2.20. The van der Waals surface area contributed by atoms with Crippen LogP contribution in [0, 0.1) is 5.92 Å². The zero-order chi connectivity index (χ0) is 8.85. The Morgan fingerprint density at radius 1 is 1.55 bits per heavy atom. The SMILES string of the molecule is CC[C@H](Cl)C(=O)OCC(C)C. The number of alkyl halides is 1. The second-order valence-corrected chi connectivity index (χ2v) is 3.43. The Bertz CT molecular complexity index is 123. The van der Waals surface area contributed by atoms with Crippen molar-refractivity contribution in [3.05, 3.63) is 0 Å². The summed E-state index contributed by atoms with van der Waals surface area (Å²) in [6.45, 7) is 6.29. The first-order valence-electron chi connectivity index (χ1n) is 3.88. The number of halogens is 1. The Kier molecular flexibility index (Phi) is 5.30. The molecule has 11 heavy (non-hydrogen) atoms. The zero-order valence-corrected chi connectivity index (χ0v) is 8.02. The average molecular weight is 179 g/mol. The molecule has 0 spiro atoms. The molecule has 66 valence electrons. The molecular formula is C8H15ClO2. The van der Waals surface area contributed by atoms with Crippen molar-refractivity contribution in [1.82, 2.24) is 0 Å². The van der Waals surface area contributed by atoms with E-state index >= 15 is 0 Å². The van der Waals surface area contributed by atoms with Gasteiger partial charge in [-0.25, -0.2) is 0 Å². The second kappa shape index (κ2) is 5.42. The minimum atomic E-state index is -0.478. The molecule has 0 saturated carbocycles. The highest BCUT2D eigenvalue weighted by Crippen LogP contribution is 2.04. The van der Waals surface area contributed by atoms with Gasteiger partial charge in [0, 0.05) is 0 Å². The summed E-state index contributed by atoms with van der Waals surface area (Å²) < 4.78 is 4.89. The zero-order valence-electron chi connectivity index (χ0n) is 7.26. The van der Waals surface area contributed by atoms with Gasteiger partial charge in [0.05, 0.1) is 6.61 Å². The molecule has 0 rings (SSSR count). The van der Waals surface area contributed by atoms with Crippen molar-refractivity contribution in [1.29, 1.82) is 0 Å². The molecule has 1 atom stereocenters. The van der Waals surface area contributed by atoms with Crippen LogP contribution in [0.1, 0.15) is 27.2 Å². The fourth-order valence-corrected chi connectivity index (χ4v) is 0.569. The molecular weight excluding hydrogens is 164 g/mol. The van der Waals surface area contributed by atoms with Gasteiger partial charge in [0.1, 0.15) is 5.38 Å². The number of ether oxygens (including phenoxy) is 1. The van der Waals surface area contributed by atoms with E-state index in [2.05, 4.69) is 0 Å². The van der Waals surface area contributed by atoms with Crippen molar-refractivity contribution in [2.75, 3.05) is 6.61 Å². The fraction of sp³-hybridized carbons (Fsp3) is 0.875. The first-order valence-corrected chi connectivity index (χ1v) is 4.32. The maximum atomic E-state index is 10.9. The summed E-state index contributed by atoms with van der Waals surface area (Å²) >= 11 is 5.62. The first-order chi connectivity index (χ1) is 5.07. The lowest BCUT2D eigenvalue weighted by Gasteiger charge is -2.09. The molecule has 2 nitrogen and oxygen atoms in total. The Morgan fingerprint density at radius 3 is 2.45 bits per heavy atom. The van der Waals surface area contributed by atoms with Crippen LogP contribution in [0.2, 0.25) is 0 Å². The molecule has 0 heterocycles. The van der Waals surface area contributed by atoms with Crippen LogP contribution in [0.3, 0.4) is 0 Å². The number of carbonyl (C=O) groups excluding carboxylic acids is 1. The Balaban J connectivity index is 3.52. The van der Waals surface area contributed by atoms with Gasteiger partial charge in [0.15, 0.2) is 0 Å². The summed E-state index contributed by atoms with van der Waals surface area (Å²) in [7, 11) is 0. The lowest BCUT2D eigenvalue weighted by molar-refractivity contribution is -0.144. The normalized spacial score (nSPS) is 13.2. The highest BCUT2D eigenvalue weighted by Gasteiger charge is 2.14. The summed E-state index contributed by atoms with van der Waals surface area (Å²) in [5.74, 6) is 0.0718. The summed E-state index contributed by atoms with van der Waals surface area (Å²) in [4.78, 5) is 10.9. The molecule has 0 amide bonds. The lowest BCUT2D eigenvalue weighted by atomic mass is 10.2. The van der Waals surface area contributed by atoms with Crippen LogP contribution in [0.4, 0.5) is 0 Å². The molecule has 0 aromatic rings. The van der Waals surface area contributed by atoms with Gasteiger partial charge in [-0.2, -0.15) is 0 Å². The highest BCUT2D eigenvalue weighted by atomic mass is 35.5. The number of hydrogen-bond donors (Lipinski definition) is 0. The van der Waals surface area contributed by atoms with Crippen molar-refractivity contribution < 1.29 is 9.53 Å². The molecule has 0 aliphatic heterocycles. The third kappa shape index (κ3) is 5.08. The molecule has 0 aliphatic carbocycles.